The standard InChI is InChI=1S/C15H13NO5S/c1-11-2-8-14(9-3-11)22(19,20)16-15(18)21-13-6-4-12(10-17)5-7-13/h2-10H,1H3,(H,16,18). The van der Waals surface area contributed by atoms with Crippen molar-refractivity contribution >= 4 is 22.4 Å². The maximum atomic E-state index is 12.0. The van der Waals surface area contributed by atoms with Crippen LogP contribution in [0.15, 0.2) is 53.4 Å². The Morgan fingerprint density at radius 1 is 1.05 bits per heavy atom. The van der Waals surface area contributed by atoms with Gasteiger partial charge in [0.05, 0.1) is 4.90 Å². The van der Waals surface area contributed by atoms with Gasteiger partial charge in [0.1, 0.15) is 12.0 Å². The number of carbonyl (C=O) groups is 2. The SMILES string of the molecule is Cc1ccc(S(=O)(=O)NC(=O)Oc2ccc(C=O)cc2)cc1. The molecule has 7 heteroatoms. The van der Waals surface area contributed by atoms with Gasteiger partial charge < -0.3 is 4.74 Å². The van der Waals surface area contributed by atoms with Gasteiger partial charge >= 0.3 is 6.09 Å². The molecule has 0 spiro atoms. The molecule has 1 N–H and O–H groups in total. The van der Waals surface area contributed by atoms with E-state index < -0.39 is 16.1 Å². The molecular weight excluding hydrogens is 306 g/mol. The fourth-order valence-corrected chi connectivity index (χ4v) is 2.50. The first-order chi connectivity index (χ1) is 10.4. The third kappa shape index (κ3) is 3.92. The Bertz CT molecular complexity index is 780. The number of sulfonamides is 1. The van der Waals surface area contributed by atoms with E-state index in [0.29, 0.717) is 11.8 Å². The van der Waals surface area contributed by atoms with Gasteiger partial charge in [-0.05, 0) is 43.3 Å². The third-order valence-corrected chi connectivity index (χ3v) is 4.10. The van der Waals surface area contributed by atoms with Crippen LogP contribution in [0.1, 0.15) is 15.9 Å². The lowest BCUT2D eigenvalue weighted by Gasteiger charge is -2.08. The van der Waals surface area contributed by atoms with Gasteiger partial charge in [0.2, 0.25) is 0 Å². The van der Waals surface area contributed by atoms with E-state index in [1.807, 2.05) is 11.6 Å². The highest BCUT2D eigenvalue weighted by atomic mass is 32.2. The second-order valence-electron chi connectivity index (χ2n) is 4.49. The Balaban J connectivity index is 2.07. The molecule has 0 atom stereocenters. The first-order valence-corrected chi connectivity index (χ1v) is 7.75. The number of amides is 1. The molecular formula is C15H13NO5S. The van der Waals surface area contributed by atoms with Crippen LogP contribution < -0.4 is 9.46 Å². The van der Waals surface area contributed by atoms with Crippen molar-refractivity contribution in [2.45, 2.75) is 11.8 Å². The van der Waals surface area contributed by atoms with Crippen LogP contribution in [0.2, 0.25) is 0 Å². The Hall–Kier alpha value is -2.67. The zero-order chi connectivity index (χ0) is 16.2. The van der Waals surface area contributed by atoms with Gasteiger partial charge in [0, 0.05) is 5.56 Å². The molecule has 0 fully saturated rings. The summed E-state index contributed by atoms with van der Waals surface area (Å²) in [6, 6.07) is 11.7. The van der Waals surface area contributed by atoms with Crippen molar-refractivity contribution in [3.05, 3.63) is 59.7 Å². The lowest BCUT2D eigenvalue weighted by atomic mass is 10.2. The predicted octanol–water partition coefficient (Wildman–Crippen LogP) is 2.28. The molecule has 0 aromatic heterocycles. The molecule has 2 aromatic carbocycles. The molecule has 0 aliphatic rings. The molecule has 0 bridgehead atoms. The Kier molecular flexibility index (Phi) is 4.57. The smallest absolute Gasteiger partial charge is 0.410 e. The highest BCUT2D eigenvalue weighted by Gasteiger charge is 2.18. The summed E-state index contributed by atoms with van der Waals surface area (Å²) in [5.41, 5.74) is 1.32. The Morgan fingerprint density at radius 2 is 1.64 bits per heavy atom. The first kappa shape index (κ1) is 15.7. The van der Waals surface area contributed by atoms with Crippen molar-refractivity contribution in [2.75, 3.05) is 0 Å². The zero-order valence-electron chi connectivity index (χ0n) is 11.6. The van der Waals surface area contributed by atoms with E-state index in [9.17, 15) is 18.0 Å². The predicted molar refractivity (Wildman–Crippen MR) is 79.4 cm³/mol. The number of hydrogen-bond donors (Lipinski definition) is 1. The van der Waals surface area contributed by atoms with Crippen molar-refractivity contribution in [3.8, 4) is 5.75 Å². The average Bonchev–Trinajstić information content (AvgIpc) is 2.48. The molecule has 6 nitrogen and oxygen atoms in total. The minimum Gasteiger partial charge on any atom is -0.410 e. The van der Waals surface area contributed by atoms with E-state index >= 15 is 0 Å². The summed E-state index contributed by atoms with van der Waals surface area (Å²) >= 11 is 0. The van der Waals surface area contributed by atoms with Gasteiger partial charge in [0.15, 0.2) is 0 Å². The van der Waals surface area contributed by atoms with Gasteiger partial charge in [-0.2, -0.15) is 0 Å². The maximum absolute atomic E-state index is 12.0. The zero-order valence-corrected chi connectivity index (χ0v) is 12.5. The molecule has 1 amide bonds. The van der Waals surface area contributed by atoms with Crippen LogP contribution in [0.5, 0.6) is 5.75 Å². The largest absolute Gasteiger partial charge is 0.426 e. The molecule has 0 heterocycles. The van der Waals surface area contributed by atoms with Crippen LogP contribution in [-0.4, -0.2) is 20.8 Å². The van der Waals surface area contributed by atoms with E-state index in [1.54, 1.807) is 12.1 Å². The summed E-state index contributed by atoms with van der Waals surface area (Å²) < 4.78 is 30.6. The number of ether oxygens (including phenoxy) is 1. The quantitative estimate of drug-likeness (QED) is 0.873. The van der Waals surface area contributed by atoms with Gasteiger partial charge in [-0.3, -0.25) is 4.79 Å². The maximum Gasteiger partial charge on any atom is 0.426 e. The number of rotatable bonds is 4. The van der Waals surface area contributed by atoms with Crippen molar-refractivity contribution in [1.29, 1.82) is 0 Å². The number of aldehydes is 1. The summed E-state index contributed by atoms with van der Waals surface area (Å²) in [6.07, 6.45) is -0.481. The molecule has 22 heavy (non-hydrogen) atoms. The second kappa shape index (κ2) is 6.40. The Labute approximate surface area is 127 Å². The lowest BCUT2D eigenvalue weighted by molar-refractivity contribution is 0.112. The van der Waals surface area contributed by atoms with E-state index in [-0.39, 0.29) is 10.6 Å². The summed E-state index contributed by atoms with van der Waals surface area (Å²) in [5, 5.41) is 0. The molecule has 2 aromatic rings. The number of nitrogens with one attached hydrogen (secondary N) is 1. The van der Waals surface area contributed by atoms with Gasteiger partial charge in [-0.1, -0.05) is 17.7 Å². The van der Waals surface area contributed by atoms with Crippen LogP contribution in [0.3, 0.4) is 0 Å². The highest BCUT2D eigenvalue weighted by Crippen LogP contribution is 2.13. The summed E-state index contributed by atoms with van der Waals surface area (Å²) in [4.78, 5) is 22.1. The molecule has 2 rings (SSSR count). The third-order valence-electron chi connectivity index (χ3n) is 2.78. The molecule has 114 valence electrons. The van der Waals surface area contributed by atoms with Crippen LogP contribution >= 0.6 is 0 Å². The molecule has 0 unspecified atom stereocenters. The molecule has 0 saturated heterocycles. The second-order valence-corrected chi connectivity index (χ2v) is 6.18. The van der Waals surface area contributed by atoms with E-state index in [4.69, 9.17) is 4.74 Å². The van der Waals surface area contributed by atoms with E-state index in [0.717, 1.165) is 5.56 Å². The summed E-state index contributed by atoms with van der Waals surface area (Å²) in [6.45, 7) is 1.82. The monoisotopic (exact) mass is 319 g/mol. The van der Waals surface area contributed by atoms with Gasteiger partial charge in [-0.15, -0.1) is 0 Å². The van der Waals surface area contributed by atoms with E-state index in [2.05, 4.69) is 0 Å². The van der Waals surface area contributed by atoms with Gasteiger partial charge in [-0.25, -0.2) is 17.9 Å². The van der Waals surface area contributed by atoms with Crippen LogP contribution in [0, 0.1) is 6.92 Å². The first-order valence-electron chi connectivity index (χ1n) is 6.27. The fraction of sp³-hybridized carbons (Fsp3) is 0.0667. The summed E-state index contributed by atoms with van der Waals surface area (Å²) in [5.74, 6) is 0.127. The molecule has 0 aliphatic heterocycles. The lowest BCUT2D eigenvalue weighted by Crippen LogP contribution is -2.33. The Morgan fingerprint density at radius 3 is 2.18 bits per heavy atom. The van der Waals surface area contributed by atoms with Crippen molar-refractivity contribution in [1.82, 2.24) is 4.72 Å². The molecule has 0 aliphatic carbocycles. The average molecular weight is 319 g/mol. The highest BCUT2D eigenvalue weighted by molar-refractivity contribution is 7.90. The number of aryl methyl sites for hydroxylation is 1. The molecule has 0 saturated carbocycles. The topological polar surface area (TPSA) is 89.5 Å². The fourth-order valence-electron chi connectivity index (χ4n) is 1.63. The number of hydrogen-bond acceptors (Lipinski definition) is 5. The van der Waals surface area contributed by atoms with Crippen LogP contribution in [0.25, 0.3) is 0 Å². The van der Waals surface area contributed by atoms with Gasteiger partial charge in [0.25, 0.3) is 10.0 Å². The minimum atomic E-state index is -3.99. The number of benzene rings is 2. The normalized spacial score (nSPS) is 10.8. The van der Waals surface area contributed by atoms with E-state index in [1.165, 1.54) is 36.4 Å². The number of carbonyl (C=O) groups excluding carboxylic acids is 2. The van der Waals surface area contributed by atoms with Crippen LogP contribution in [-0.2, 0) is 10.0 Å². The summed E-state index contributed by atoms with van der Waals surface area (Å²) in [7, 11) is -3.99. The van der Waals surface area contributed by atoms with Crippen molar-refractivity contribution in [2.24, 2.45) is 0 Å². The van der Waals surface area contributed by atoms with Crippen molar-refractivity contribution < 1.29 is 22.7 Å². The van der Waals surface area contributed by atoms with Crippen LogP contribution in [0.4, 0.5) is 4.79 Å². The minimum absolute atomic E-state index is 0.0358. The molecule has 0 radical (unpaired) electrons. The van der Waals surface area contributed by atoms with Crippen molar-refractivity contribution in [3.63, 3.8) is 0 Å².